The van der Waals surface area contributed by atoms with Crippen LogP contribution in [0.1, 0.15) is 28.8 Å². The number of carbonyl (C=O) groups is 2. The molecule has 3 aliphatic carbocycles. The van der Waals surface area contributed by atoms with E-state index in [0.29, 0.717) is 34.4 Å². The molecule has 2 unspecified atom stereocenters. The second kappa shape index (κ2) is 6.31. The van der Waals surface area contributed by atoms with Crippen LogP contribution in [0.25, 0.3) is 5.76 Å². The van der Waals surface area contributed by atoms with Crippen LogP contribution in [-0.2, 0) is 4.79 Å². The van der Waals surface area contributed by atoms with E-state index in [0.717, 1.165) is 25.9 Å². The molecule has 0 spiro atoms. The van der Waals surface area contributed by atoms with Crippen molar-refractivity contribution < 1.29 is 19.8 Å². The van der Waals surface area contributed by atoms with Gasteiger partial charge in [-0.1, -0.05) is 36.4 Å². The molecule has 0 bridgehead atoms. The number of likely N-dealkylation sites (tertiary alicyclic amines) is 1. The molecule has 0 radical (unpaired) electrons. The third-order valence-corrected chi connectivity index (χ3v) is 6.18. The van der Waals surface area contributed by atoms with E-state index in [2.05, 4.69) is 4.90 Å². The lowest BCUT2D eigenvalue weighted by atomic mass is 9.72. The van der Waals surface area contributed by atoms with Crippen LogP contribution in [0.4, 0.5) is 0 Å². The lowest BCUT2D eigenvalue weighted by Gasteiger charge is -2.32. The smallest absolute Gasteiger partial charge is 0.178 e. The number of fused-ring (bicyclic) bond motifs is 3. The molecule has 5 heteroatoms. The highest BCUT2D eigenvalue weighted by atomic mass is 16.3. The predicted molar refractivity (Wildman–Crippen MR) is 105 cm³/mol. The summed E-state index contributed by atoms with van der Waals surface area (Å²) in [6.07, 6.45) is 7.50. The molecule has 1 aromatic carbocycles. The molecule has 142 valence electrons. The normalized spacial score (nSPS) is 26.9. The monoisotopic (exact) mass is 375 g/mol. The molecule has 0 saturated carbocycles. The van der Waals surface area contributed by atoms with Gasteiger partial charge in [-0.3, -0.25) is 9.59 Å². The molecule has 2 N–H and O–H groups in total. The van der Waals surface area contributed by atoms with Gasteiger partial charge in [-0.15, -0.1) is 0 Å². The van der Waals surface area contributed by atoms with Crippen molar-refractivity contribution in [3.8, 4) is 0 Å². The van der Waals surface area contributed by atoms with Gasteiger partial charge in [0.1, 0.15) is 17.4 Å². The Morgan fingerprint density at radius 1 is 1.00 bits per heavy atom. The SMILES string of the molecule is O=C1C2=CC3=C(O)c4ccccc4C(=O)C3C(O)=C2C=CC1CN1CCCC1. The Kier molecular flexibility index (Phi) is 3.88. The second-order valence-corrected chi connectivity index (χ2v) is 7.84. The van der Waals surface area contributed by atoms with Gasteiger partial charge in [0, 0.05) is 34.4 Å². The molecule has 28 heavy (non-hydrogen) atoms. The Morgan fingerprint density at radius 3 is 2.46 bits per heavy atom. The lowest BCUT2D eigenvalue weighted by molar-refractivity contribution is -0.118. The van der Waals surface area contributed by atoms with Crippen molar-refractivity contribution in [1.29, 1.82) is 0 Å². The first-order valence-electron chi connectivity index (χ1n) is 9.73. The first-order chi connectivity index (χ1) is 13.6. The average molecular weight is 375 g/mol. The van der Waals surface area contributed by atoms with Crippen LogP contribution < -0.4 is 0 Å². The minimum atomic E-state index is -0.957. The number of allylic oxidation sites excluding steroid dienone is 5. The van der Waals surface area contributed by atoms with Gasteiger partial charge in [0.25, 0.3) is 0 Å². The van der Waals surface area contributed by atoms with Gasteiger partial charge in [-0.2, -0.15) is 0 Å². The number of ketones is 2. The maximum Gasteiger partial charge on any atom is 0.178 e. The Balaban J connectivity index is 1.59. The largest absolute Gasteiger partial charge is 0.511 e. The number of rotatable bonds is 2. The molecule has 1 saturated heterocycles. The molecule has 5 nitrogen and oxygen atoms in total. The van der Waals surface area contributed by atoms with E-state index in [9.17, 15) is 19.8 Å². The summed E-state index contributed by atoms with van der Waals surface area (Å²) in [4.78, 5) is 28.4. The predicted octanol–water partition coefficient (Wildman–Crippen LogP) is 3.37. The zero-order chi connectivity index (χ0) is 19.4. The fourth-order valence-electron chi connectivity index (χ4n) is 4.71. The summed E-state index contributed by atoms with van der Waals surface area (Å²) in [5.41, 5.74) is 1.92. The molecule has 0 aromatic heterocycles. The van der Waals surface area contributed by atoms with Crippen molar-refractivity contribution in [1.82, 2.24) is 4.90 Å². The number of carbonyl (C=O) groups excluding carboxylic acids is 2. The number of hydrogen-bond donors (Lipinski definition) is 2. The number of Topliss-reactive ketones (excluding diaryl/α,β-unsaturated/α-hetero) is 2. The van der Waals surface area contributed by atoms with Crippen molar-refractivity contribution in [3.05, 3.63) is 76.1 Å². The third kappa shape index (κ3) is 2.43. The van der Waals surface area contributed by atoms with Crippen LogP contribution in [0.2, 0.25) is 0 Å². The summed E-state index contributed by atoms with van der Waals surface area (Å²) < 4.78 is 0. The summed E-state index contributed by atoms with van der Waals surface area (Å²) in [5, 5.41) is 21.6. The van der Waals surface area contributed by atoms with Gasteiger partial charge in [-0.05, 0) is 32.0 Å². The summed E-state index contributed by atoms with van der Waals surface area (Å²) in [6.45, 7) is 2.67. The molecule has 1 heterocycles. The van der Waals surface area contributed by atoms with Crippen molar-refractivity contribution in [2.75, 3.05) is 19.6 Å². The zero-order valence-electron chi connectivity index (χ0n) is 15.4. The molecular weight excluding hydrogens is 354 g/mol. The van der Waals surface area contributed by atoms with Gasteiger partial charge >= 0.3 is 0 Å². The maximum absolute atomic E-state index is 13.1. The van der Waals surface area contributed by atoms with Crippen LogP contribution in [-0.4, -0.2) is 46.3 Å². The topological polar surface area (TPSA) is 77.8 Å². The van der Waals surface area contributed by atoms with E-state index in [4.69, 9.17) is 0 Å². The van der Waals surface area contributed by atoms with Crippen LogP contribution >= 0.6 is 0 Å². The van der Waals surface area contributed by atoms with E-state index in [1.807, 2.05) is 6.08 Å². The standard InChI is InChI=1S/C23H21NO4/c25-20-13(12-24-9-3-4-10-24)7-8-16-17(20)11-18-19(23(16)28)22(27)15-6-2-1-5-14(15)21(18)26/h1-2,5-8,11,13,19,26,28H,3-4,9-10,12H2. The van der Waals surface area contributed by atoms with Crippen molar-refractivity contribution in [3.63, 3.8) is 0 Å². The van der Waals surface area contributed by atoms with Crippen molar-refractivity contribution in [2.24, 2.45) is 11.8 Å². The number of nitrogens with zero attached hydrogens (tertiary/aromatic N) is 1. The van der Waals surface area contributed by atoms with Crippen LogP contribution in [0.3, 0.4) is 0 Å². The number of aliphatic hydroxyl groups excluding tert-OH is 2. The summed E-state index contributed by atoms with van der Waals surface area (Å²) in [7, 11) is 0. The maximum atomic E-state index is 13.1. The van der Waals surface area contributed by atoms with Gasteiger partial charge < -0.3 is 15.1 Å². The Hall–Kier alpha value is -2.92. The van der Waals surface area contributed by atoms with E-state index in [1.54, 1.807) is 36.4 Å². The molecule has 4 aliphatic rings. The van der Waals surface area contributed by atoms with Gasteiger partial charge in [0.05, 0.1) is 5.92 Å². The van der Waals surface area contributed by atoms with Gasteiger partial charge in [0.2, 0.25) is 0 Å². The first-order valence-corrected chi connectivity index (χ1v) is 9.73. The molecule has 2 atom stereocenters. The minimum absolute atomic E-state index is 0.0447. The molecule has 0 amide bonds. The van der Waals surface area contributed by atoms with Gasteiger partial charge in [0.15, 0.2) is 11.6 Å². The third-order valence-electron chi connectivity index (χ3n) is 6.18. The van der Waals surface area contributed by atoms with Crippen molar-refractivity contribution in [2.45, 2.75) is 12.8 Å². The van der Waals surface area contributed by atoms with E-state index in [1.165, 1.54) is 0 Å². The Morgan fingerprint density at radius 2 is 1.71 bits per heavy atom. The average Bonchev–Trinajstić information content (AvgIpc) is 3.21. The fraction of sp³-hybridized carbons (Fsp3) is 0.304. The van der Waals surface area contributed by atoms with E-state index >= 15 is 0 Å². The summed E-state index contributed by atoms with van der Waals surface area (Å²) in [6, 6.07) is 6.81. The highest BCUT2D eigenvalue weighted by molar-refractivity contribution is 6.12. The lowest BCUT2D eigenvalue weighted by Crippen LogP contribution is -2.35. The number of benzene rings is 1. The highest BCUT2D eigenvalue weighted by Crippen LogP contribution is 2.44. The Bertz CT molecular complexity index is 1020. The van der Waals surface area contributed by atoms with Gasteiger partial charge in [-0.25, -0.2) is 0 Å². The summed E-state index contributed by atoms with van der Waals surface area (Å²) >= 11 is 0. The molecular formula is C23H21NO4. The first kappa shape index (κ1) is 17.2. The molecule has 1 aliphatic heterocycles. The van der Waals surface area contributed by atoms with E-state index < -0.39 is 5.92 Å². The quantitative estimate of drug-likeness (QED) is 0.829. The van der Waals surface area contributed by atoms with Crippen LogP contribution in [0, 0.1) is 11.8 Å². The zero-order valence-corrected chi connectivity index (χ0v) is 15.4. The van der Waals surface area contributed by atoms with Crippen molar-refractivity contribution >= 4 is 17.3 Å². The number of hydrogen-bond acceptors (Lipinski definition) is 5. The summed E-state index contributed by atoms with van der Waals surface area (Å²) in [5.74, 6) is -1.75. The number of aliphatic hydroxyl groups is 2. The highest BCUT2D eigenvalue weighted by Gasteiger charge is 2.42. The minimum Gasteiger partial charge on any atom is -0.511 e. The molecule has 1 fully saturated rings. The van der Waals surface area contributed by atoms with Crippen LogP contribution in [0.5, 0.6) is 0 Å². The van der Waals surface area contributed by atoms with Crippen LogP contribution in [0.15, 0.2) is 65.0 Å². The molecule has 1 aromatic rings. The Labute approximate surface area is 163 Å². The fourth-order valence-corrected chi connectivity index (χ4v) is 4.71. The second-order valence-electron chi connectivity index (χ2n) is 7.84. The van der Waals surface area contributed by atoms with E-state index in [-0.39, 0.29) is 29.0 Å². The molecule has 5 rings (SSSR count).